The number of rotatable bonds is 44. The lowest BCUT2D eigenvalue weighted by molar-refractivity contribution is -0.150. The zero-order valence-electron chi connectivity index (χ0n) is 37.6. The standard InChI is InChI=1S/C49H90N2O7/c1-3-5-7-9-11-12-13-14-15-16-17-18-19-20-21-22-23-24-25-26-28-33-37-41-48(55)58-44(38-34-30-27-10-8-6-4-2)39-35-31-29-32-36-40-46(53)50-42-47(54)51-45(43-52)49(56)57/h13-14,16-17,44-45,52H,3-12,15,18-43H2,1-2H3,(H,50,53)(H,51,54)(H,56,57)/b14-13-,17-16-. The monoisotopic (exact) mass is 819 g/mol. The molecule has 0 aliphatic heterocycles. The predicted octanol–water partition coefficient (Wildman–Crippen LogP) is 12.4. The average Bonchev–Trinajstić information content (AvgIpc) is 3.21. The van der Waals surface area contributed by atoms with Crippen LogP contribution in [0.1, 0.15) is 239 Å². The van der Waals surface area contributed by atoms with Crippen molar-refractivity contribution in [3.63, 3.8) is 0 Å². The molecule has 2 unspecified atom stereocenters. The highest BCUT2D eigenvalue weighted by Gasteiger charge is 2.19. The van der Waals surface area contributed by atoms with E-state index in [2.05, 4.69) is 48.8 Å². The molecule has 0 aromatic heterocycles. The summed E-state index contributed by atoms with van der Waals surface area (Å²) in [6, 6.07) is -1.38. The molecule has 0 bridgehead atoms. The summed E-state index contributed by atoms with van der Waals surface area (Å²) in [5.74, 6) is -2.28. The Morgan fingerprint density at radius 1 is 0.517 bits per heavy atom. The summed E-state index contributed by atoms with van der Waals surface area (Å²) in [6.07, 6.45) is 49.4. The van der Waals surface area contributed by atoms with Gasteiger partial charge in [0.05, 0.1) is 13.2 Å². The second kappa shape index (κ2) is 43.9. The number of aliphatic carboxylic acids is 1. The van der Waals surface area contributed by atoms with Gasteiger partial charge in [0.1, 0.15) is 12.1 Å². The second-order valence-electron chi connectivity index (χ2n) is 16.6. The number of carbonyl (C=O) groups excluding carboxylic acids is 3. The van der Waals surface area contributed by atoms with Crippen LogP contribution in [-0.4, -0.2) is 59.3 Å². The molecule has 9 heteroatoms. The van der Waals surface area contributed by atoms with E-state index in [-0.39, 0.29) is 24.5 Å². The molecule has 0 saturated heterocycles. The fourth-order valence-electron chi connectivity index (χ4n) is 7.22. The lowest BCUT2D eigenvalue weighted by Crippen LogP contribution is -2.47. The van der Waals surface area contributed by atoms with Crippen molar-refractivity contribution < 1.29 is 34.1 Å². The molecular formula is C49H90N2O7. The van der Waals surface area contributed by atoms with Crippen molar-refractivity contribution in [3.05, 3.63) is 24.3 Å². The molecule has 0 saturated carbocycles. The highest BCUT2D eigenvalue weighted by molar-refractivity contribution is 5.87. The van der Waals surface area contributed by atoms with Gasteiger partial charge in [-0.15, -0.1) is 0 Å². The Hall–Kier alpha value is -2.68. The first-order valence-electron chi connectivity index (χ1n) is 24.2. The topological polar surface area (TPSA) is 142 Å². The van der Waals surface area contributed by atoms with Crippen LogP contribution in [0.3, 0.4) is 0 Å². The quantitative estimate of drug-likeness (QED) is 0.0272. The minimum absolute atomic E-state index is 0.00921. The van der Waals surface area contributed by atoms with Crippen LogP contribution in [0.25, 0.3) is 0 Å². The van der Waals surface area contributed by atoms with E-state index in [9.17, 15) is 19.2 Å². The highest BCUT2D eigenvalue weighted by atomic mass is 16.5. The molecule has 0 fully saturated rings. The highest BCUT2D eigenvalue weighted by Crippen LogP contribution is 2.19. The first-order chi connectivity index (χ1) is 28.3. The van der Waals surface area contributed by atoms with Gasteiger partial charge in [-0.05, 0) is 70.6 Å². The number of hydrogen-bond acceptors (Lipinski definition) is 6. The Kier molecular flexibility index (Phi) is 41.9. The third-order valence-electron chi connectivity index (χ3n) is 11.0. The van der Waals surface area contributed by atoms with E-state index in [4.69, 9.17) is 14.9 Å². The fraction of sp³-hybridized carbons (Fsp3) is 0.837. The van der Waals surface area contributed by atoms with Gasteiger partial charge in [-0.25, -0.2) is 4.79 Å². The van der Waals surface area contributed by atoms with Crippen LogP contribution in [0, 0.1) is 0 Å². The van der Waals surface area contributed by atoms with Gasteiger partial charge in [0.25, 0.3) is 0 Å². The van der Waals surface area contributed by atoms with Gasteiger partial charge in [0, 0.05) is 12.8 Å². The fourth-order valence-corrected chi connectivity index (χ4v) is 7.22. The molecule has 2 atom stereocenters. The van der Waals surface area contributed by atoms with Crippen LogP contribution >= 0.6 is 0 Å². The van der Waals surface area contributed by atoms with Crippen molar-refractivity contribution in [2.24, 2.45) is 0 Å². The van der Waals surface area contributed by atoms with E-state index in [1.807, 2.05) is 0 Å². The largest absolute Gasteiger partial charge is 0.480 e. The summed E-state index contributed by atoms with van der Waals surface area (Å²) in [4.78, 5) is 47.6. The van der Waals surface area contributed by atoms with Crippen molar-refractivity contribution in [3.8, 4) is 0 Å². The maximum atomic E-state index is 12.8. The maximum Gasteiger partial charge on any atom is 0.328 e. The Labute approximate surface area is 355 Å². The number of carbonyl (C=O) groups is 4. The molecule has 0 aliphatic rings. The molecule has 0 aromatic rings. The van der Waals surface area contributed by atoms with E-state index in [0.29, 0.717) is 19.3 Å². The smallest absolute Gasteiger partial charge is 0.328 e. The van der Waals surface area contributed by atoms with E-state index in [1.54, 1.807) is 0 Å². The SMILES string of the molecule is CCCCCCC/C=C\C/C=C\CCCCCCCCCCCCCC(=O)OC(CCCCCCCCC)CCCCCCCC(=O)NCC(=O)NC(CO)C(=O)O. The number of amides is 2. The van der Waals surface area contributed by atoms with E-state index in [0.717, 1.165) is 64.2 Å². The summed E-state index contributed by atoms with van der Waals surface area (Å²) in [7, 11) is 0. The van der Waals surface area contributed by atoms with Crippen molar-refractivity contribution in [1.82, 2.24) is 10.6 Å². The zero-order chi connectivity index (χ0) is 42.6. The average molecular weight is 819 g/mol. The minimum Gasteiger partial charge on any atom is -0.480 e. The van der Waals surface area contributed by atoms with Crippen molar-refractivity contribution >= 4 is 23.8 Å². The van der Waals surface area contributed by atoms with Gasteiger partial charge < -0.3 is 25.6 Å². The Bertz CT molecular complexity index is 1030. The van der Waals surface area contributed by atoms with Gasteiger partial charge in [-0.2, -0.15) is 0 Å². The third kappa shape index (κ3) is 40.1. The minimum atomic E-state index is -1.38. The Morgan fingerprint density at radius 2 is 0.931 bits per heavy atom. The second-order valence-corrected chi connectivity index (χ2v) is 16.6. The number of esters is 1. The summed E-state index contributed by atoms with van der Waals surface area (Å²) < 4.78 is 6.02. The molecule has 0 aromatic carbocycles. The Morgan fingerprint density at radius 3 is 1.38 bits per heavy atom. The molecular weight excluding hydrogens is 729 g/mol. The van der Waals surface area contributed by atoms with E-state index >= 15 is 0 Å². The molecule has 0 spiro atoms. The van der Waals surface area contributed by atoms with Gasteiger partial charge in [-0.3, -0.25) is 14.4 Å². The number of allylic oxidation sites excluding steroid dienone is 4. The van der Waals surface area contributed by atoms with Crippen LogP contribution in [0.15, 0.2) is 24.3 Å². The van der Waals surface area contributed by atoms with Crippen LogP contribution in [-0.2, 0) is 23.9 Å². The van der Waals surface area contributed by atoms with Gasteiger partial charge in [-0.1, -0.05) is 179 Å². The summed E-state index contributed by atoms with van der Waals surface area (Å²) >= 11 is 0. The number of carboxylic acids is 1. The third-order valence-corrected chi connectivity index (χ3v) is 11.0. The first-order valence-corrected chi connectivity index (χ1v) is 24.2. The van der Waals surface area contributed by atoms with E-state index < -0.39 is 24.5 Å². The summed E-state index contributed by atoms with van der Waals surface area (Å²) in [5, 5.41) is 22.6. The first kappa shape index (κ1) is 55.3. The lowest BCUT2D eigenvalue weighted by Gasteiger charge is -2.18. The maximum absolute atomic E-state index is 12.8. The number of ether oxygens (including phenoxy) is 1. The molecule has 0 heterocycles. The van der Waals surface area contributed by atoms with Crippen LogP contribution in [0.2, 0.25) is 0 Å². The van der Waals surface area contributed by atoms with Crippen LogP contribution in [0.4, 0.5) is 0 Å². The zero-order valence-corrected chi connectivity index (χ0v) is 37.6. The van der Waals surface area contributed by atoms with Crippen molar-refractivity contribution in [2.45, 2.75) is 251 Å². The molecule has 4 N–H and O–H groups in total. The molecule has 0 radical (unpaired) electrons. The summed E-state index contributed by atoms with van der Waals surface area (Å²) in [6.45, 7) is 3.47. The van der Waals surface area contributed by atoms with E-state index in [1.165, 1.54) is 141 Å². The number of nitrogens with one attached hydrogen (secondary N) is 2. The summed E-state index contributed by atoms with van der Waals surface area (Å²) in [5.41, 5.74) is 0. The number of unbranched alkanes of at least 4 members (excludes halogenated alkanes) is 26. The van der Waals surface area contributed by atoms with Gasteiger partial charge >= 0.3 is 11.9 Å². The Balaban J connectivity index is 4.03. The number of aliphatic hydroxyl groups excluding tert-OH is 1. The molecule has 58 heavy (non-hydrogen) atoms. The number of aliphatic hydroxyl groups is 1. The van der Waals surface area contributed by atoms with Crippen LogP contribution in [0.5, 0.6) is 0 Å². The predicted molar refractivity (Wildman–Crippen MR) is 241 cm³/mol. The van der Waals surface area contributed by atoms with Gasteiger partial charge in [0.2, 0.25) is 11.8 Å². The van der Waals surface area contributed by atoms with Crippen LogP contribution < -0.4 is 10.6 Å². The van der Waals surface area contributed by atoms with Crippen molar-refractivity contribution in [2.75, 3.05) is 13.2 Å². The lowest BCUT2D eigenvalue weighted by atomic mass is 10.0. The molecule has 338 valence electrons. The molecule has 9 nitrogen and oxygen atoms in total. The number of hydrogen-bond donors (Lipinski definition) is 4. The van der Waals surface area contributed by atoms with Gasteiger partial charge in [0.15, 0.2) is 0 Å². The van der Waals surface area contributed by atoms with Crippen molar-refractivity contribution in [1.29, 1.82) is 0 Å². The molecule has 0 rings (SSSR count). The molecule has 2 amide bonds. The molecule has 0 aliphatic carbocycles. The normalized spacial score (nSPS) is 12.6. The number of carboxylic acid groups (broad SMARTS) is 1.